The van der Waals surface area contributed by atoms with Crippen LogP contribution in [0.4, 0.5) is 9.18 Å². The fraction of sp³-hybridized carbons (Fsp3) is 0.333. The van der Waals surface area contributed by atoms with E-state index in [-0.39, 0.29) is 24.7 Å². The van der Waals surface area contributed by atoms with Crippen molar-refractivity contribution in [3.8, 4) is 0 Å². The van der Waals surface area contributed by atoms with Gasteiger partial charge in [0.25, 0.3) is 0 Å². The van der Waals surface area contributed by atoms with Crippen molar-refractivity contribution in [2.75, 3.05) is 0 Å². The van der Waals surface area contributed by atoms with Gasteiger partial charge in [0.2, 0.25) is 0 Å². The van der Waals surface area contributed by atoms with Gasteiger partial charge < -0.3 is 15.7 Å². The van der Waals surface area contributed by atoms with Crippen molar-refractivity contribution in [3.05, 3.63) is 52.6 Å². The van der Waals surface area contributed by atoms with Crippen LogP contribution in [0.1, 0.15) is 22.4 Å². The van der Waals surface area contributed by atoms with Gasteiger partial charge in [0.15, 0.2) is 0 Å². The van der Waals surface area contributed by atoms with Gasteiger partial charge in [-0.1, -0.05) is 6.07 Å². The van der Waals surface area contributed by atoms with Crippen molar-refractivity contribution < 1.29 is 14.3 Å². The molecule has 0 aliphatic heterocycles. The summed E-state index contributed by atoms with van der Waals surface area (Å²) in [6, 6.07) is 4.05. The number of hydrogen-bond donors (Lipinski definition) is 3. The summed E-state index contributed by atoms with van der Waals surface area (Å²) in [5.41, 5.74) is 2.87. The largest absolute Gasteiger partial charge is 0.392 e. The highest BCUT2D eigenvalue weighted by atomic mass is 19.1. The van der Waals surface area contributed by atoms with Crippen molar-refractivity contribution in [1.82, 2.24) is 20.4 Å². The second kappa shape index (κ2) is 7.04. The zero-order chi connectivity index (χ0) is 16.1. The van der Waals surface area contributed by atoms with Crippen LogP contribution in [0.3, 0.4) is 0 Å². The average molecular weight is 306 g/mol. The Morgan fingerprint density at radius 3 is 2.68 bits per heavy atom. The number of rotatable bonds is 5. The molecular weight excluding hydrogens is 287 g/mol. The SMILES string of the molecule is Cc1c(CNC(=O)NCc2ccc(F)c(CO)c2)cnn1C. The van der Waals surface area contributed by atoms with Crippen LogP contribution >= 0.6 is 0 Å². The predicted octanol–water partition coefficient (Wildman–Crippen LogP) is 1.36. The topological polar surface area (TPSA) is 79.2 Å². The minimum Gasteiger partial charge on any atom is -0.392 e. The third-order valence-electron chi connectivity index (χ3n) is 3.51. The molecule has 1 aromatic carbocycles. The number of aromatic nitrogens is 2. The Bertz CT molecular complexity index is 670. The maximum Gasteiger partial charge on any atom is 0.315 e. The number of benzene rings is 1. The third kappa shape index (κ3) is 3.82. The molecule has 0 saturated heterocycles. The fourth-order valence-corrected chi connectivity index (χ4v) is 2.00. The number of nitrogens with zero attached hydrogens (tertiary/aromatic N) is 2. The van der Waals surface area contributed by atoms with Crippen molar-refractivity contribution in [2.45, 2.75) is 26.6 Å². The van der Waals surface area contributed by atoms with Crippen molar-refractivity contribution in [2.24, 2.45) is 7.05 Å². The number of hydrogen-bond acceptors (Lipinski definition) is 3. The molecule has 0 aliphatic carbocycles. The Labute approximate surface area is 128 Å². The number of aliphatic hydroxyl groups is 1. The molecule has 0 atom stereocenters. The van der Waals surface area contributed by atoms with Crippen LogP contribution in [0.5, 0.6) is 0 Å². The van der Waals surface area contributed by atoms with Gasteiger partial charge in [0, 0.05) is 37.0 Å². The van der Waals surface area contributed by atoms with Crippen LogP contribution in [-0.4, -0.2) is 20.9 Å². The summed E-state index contributed by atoms with van der Waals surface area (Å²) in [5, 5.41) is 18.5. The minimum atomic E-state index is -0.456. The quantitative estimate of drug-likeness (QED) is 0.780. The summed E-state index contributed by atoms with van der Waals surface area (Å²) in [6.07, 6.45) is 1.71. The predicted molar refractivity (Wildman–Crippen MR) is 79.3 cm³/mol. The first-order valence-electron chi connectivity index (χ1n) is 6.88. The number of urea groups is 1. The average Bonchev–Trinajstić information content (AvgIpc) is 2.83. The number of carbonyl (C=O) groups excluding carboxylic acids is 1. The molecule has 0 fully saturated rings. The number of halogens is 1. The van der Waals surface area contributed by atoms with Gasteiger partial charge in [-0.05, 0) is 24.6 Å². The van der Waals surface area contributed by atoms with E-state index in [9.17, 15) is 9.18 Å². The molecule has 3 N–H and O–H groups in total. The number of nitrogens with one attached hydrogen (secondary N) is 2. The summed E-state index contributed by atoms with van der Waals surface area (Å²) >= 11 is 0. The molecular formula is C15H19FN4O2. The molecule has 2 rings (SSSR count). The van der Waals surface area contributed by atoms with E-state index >= 15 is 0 Å². The molecule has 118 valence electrons. The summed E-state index contributed by atoms with van der Waals surface area (Å²) in [7, 11) is 1.84. The lowest BCUT2D eigenvalue weighted by molar-refractivity contribution is 0.240. The van der Waals surface area contributed by atoms with Gasteiger partial charge in [-0.15, -0.1) is 0 Å². The zero-order valence-corrected chi connectivity index (χ0v) is 12.6. The molecule has 22 heavy (non-hydrogen) atoms. The summed E-state index contributed by atoms with van der Waals surface area (Å²) < 4.78 is 15.0. The van der Waals surface area contributed by atoms with E-state index in [1.54, 1.807) is 16.9 Å². The van der Waals surface area contributed by atoms with E-state index < -0.39 is 5.82 Å². The van der Waals surface area contributed by atoms with Crippen LogP contribution in [0.25, 0.3) is 0 Å². The molecule has 2 aromatic rings. The van der Waals surface area contributed by atoms with Crippen LogP contribution in [0.2, 0.25) is 0 Å². The Hall–Kier alpha value is -2.41. The lowest BCUT2D eigenvalue weighted by Crippen LogP contribution is -2.34. The summed E-state index contributed by atoms with van der Waals surface area (Å²) in [5.74, 6) is -0.456. The smallest absolute Gasteiger partial charge is 0.315 e. The van der Waals surface area contributed by atoms with Gasteiger partial charge in [-0.2, -0.15) is 5.10 Å². The molecule has 0 radical (unpaired) electrons. The zero-order valence-electron chi connectivity index (χ0n) is 12.6. The van der Waals surface area contributed by atoms with Gasteiger partial charge in [0.1, 0.15) is 5.82 Å². The van der Waals surface area contributed by atoms with E-state index in [4.69, 9.17) is 5.11 Å². The Kier molecular flexibility index (Phi) is 5.11. The second-order valence-electron chi connectivity index (χ2n) is 5.00. The molecule has 1 heterocycles. The van der Waals surface area contributed by atoms with E-state index in [2.05, 4.69) is 15.7 Å². The molecule has 0 spiro atoms. The maximum atomic E-state index is 13.2. The fourth-order valence-electron chi connectivity index (χ4n) is 2.00. The van der Waals surface area contributed by atoms with Crippen LogP contribution in [0.15, 0.2) is 24.4 Å². The Morgan fingerprint density at radius 2 is 2.05 bits per heavy atom. The van der Waals surface area contributed by atoms with Crippen LogP contribution in [0, 0.1) is 12.7 Å². The molecule has 0 bridgehead atoms. The van der Waals surface area contributed by atoms with Gasteiger partial charge >= 0.3 is 6.03 Å². The molecule has 1 aromatic heterocycles. The third-order valence-corrected chi connectivity index (χ3v) is 3.51. The van der Waals surface area contributed by atoms with E-state index in [1.165, 1.54) is 12.1 Å². The Balaban J connectivity index is 1.84. The number of amides is 2. The normalized spacial score (nSPS) is 10.5. The first-order chi connectivity index (χ1) is 10.5. The maximum absolute atomic E-state index is 13.2. The summed E-state index contributed by atoms with van der Waals surface area (Å²) in [6.45, 7) is 2.20. The molecule has 0 saturated carbocycles. The monoisotopic (exact) mass is 306 g/mol. The highest BCUT2D eigenvalue weighted by Crippen LogP contribution is 2.10. The Morgan fingerprint density at radius 1 is 1.32 bits per heavy atom. The van der Waals surface area contributed by atoms with Gasteiger partial charge in [-0.3, -0.25) is 4.68 Å². The van der Waals surface area contributed by atoms with Crippen molar-refractivity contribution in [1.29, 1.82) is 0 Å². The lowest BCUT2D eigenvalue weighted by Gasteiger charge is -2.09. The minimum absolute atomic E-state index is 0.214. The molecule has 2 amide bonds. The number of aliphatic hydroxyl groups excluding tert-OH is 1. The highest BCUT2D eigenvalue weighted by molar-refractivity contribution is 5.73. The van der Waals surface area contributed by atoms with E-state index in [0.29, 0.717) is 6.54 Å². The van der Waals surface area contributed by atoms with Crippen LogP contribution < -0.4 is 10.6 Å². The first kappa shape index (κ1) is 16.0. The van der Waals surface area contributed by atoms with E-state index in [1.807, 2.05) is 14.0 Å². The molecule has 6 nitrogen and oxygen atoms in total. The van der Waals surface area contributed by atoms with Gasteiger partial charge in [-0.25, -0.2) is 9.18 Å². The second-order valence-corrected chi connectivity index (χ2v) is 5.00. The van der Waals surface area contributed by atoms with Gasteiger partial charge in [0.05, 0.1) is 12.8 Å². The number of carbonyl (C=O) groups is 1. The molecule has 0 unspecified atom stereocenters. The summed E-state index contributed by atoms with van der Waals surface area (Å²) in [4.78, 5) is 11.8. The van der Waals surface area contributed by atoms with Crippen molar-refractivity contribution in [3.63, 3.8) is 0 Å². The van der Waals surface area contributed by atoms with E-state index in [0.717, 1.165) is 16.8 Å². The molecule has 7 heteroatoms. The van der Waals surface area contributed by atoms with Crippen molar-refractivity contribution >= 4 is 6.03 Å². The van der Waals surface area contributed by atoms with Crippen LogP contribution in [-0.2, 0) is 26.7 Å². The lowest BCUT2D eigenvalue weighted by atomic mass is 10.1. The standard InChI is InChI=1S/C15H19FN4O2/c1-10-13(8-19-20(10)2)7-18-15(22)17-6-11-3-4-14(16)12(5-11)9-21/h3-5,8,21H,6-7,9H2,1-2H3,(H2,17,18,22). The number of aryl methyl sites for hydroxylation is 1. The molecule has 0 aliphatic rings. The highest BCUT2D eigenvalue weighted by Gasteiger charge is 2.07. The first-order valence-corrected chi connectivity index (χ1v) is 6.88.